The fourth-order valence-electron chi connectivity index (χ4n) is 4.16. The average Bonchev–Trinajstić information content (AvgIpc) is 2.62. The second-order valence-electron chi connectivity index (χ2n) is 7.24. The number of rotatable bonds is 4. The van der Waals surface area contributed by atoms with E-state index in [1.165, 1.54) is 6.07 Å². The number of benzene rings is 1. The molecule has 0 aromatic heterocycles. The highest BCUT2D eigenvalue weighted by Gasteiger charge is 2.30. The summed E-state index contributed by atoms with van der Waals surface area (Å²) in [4.78, 5) is 17.4. The smallest absolute Gasteiger partial charge is 0.223 e. The van der Waals surface area contributed by atoms with Crippen LogP contribution in [0.15, 0.2) is 24.3 Å². The van der Waals surface area contributed by atoms with Gasteiger partial charge in [0.05, 0.1) is 6.04 Å². The predicted octanol–water partition coefficient (Wildman–Crippen LogP) is 4.00. The maximum Gasteiger partial charge on any atom is 0.223 e. The van der Waals surface area contributed by atoms with E-state index in [4.69, 9.17) is 0 Å². The van der Waals surface area contributed by atoms with Crippen LogP contribution in [0.5, 0.6) is 0 Å². The molecule has 1 amide bonds. The highest BCUT2D eigenvalue weighted by atomic mass is 19.1. The highest BCUT2D eigenvalue weighted by molar-refractivity contribution is 5.77. The first-order valence-electron chi connectivity index (χ1n) is 9.44. The van der Waals surface area contributed by atoms with Crippen LogP contribution in [0.2, 0.25) is 0 Å². The van der Waals surface area contributed by atoms with Gasteiger partial charge in [0, 0.05) is 13.0 Å². The lowest BCUT2D eigenvalue weighted by Crippen LogP contribution is -2.41. The zero-order chi connectivity index (χ0) is 16.9. The molecule has 24 heavy (non-hydrogen) atoms. The zero-order valence-corrected chi connectivity index (χ0v) is 14.7. The summed E-state index contributed by atoms with van der Waals surface area (Å²) in [6.07, 6.45) is 6.02. The summed E-state index contributed by atoms with van der Waals surface area (Å²) in [5.74, 6) is 0.562. The van der Waals surface area contributed by atoms with Crippen molar-refractivity contribution in [3.63, 3.8) is 0 Å². The summed E-state index contributed by atoms with van der Waals surface area (Å²) < 4.78 is 13.6. The monoisotopic (exact) mass is 332 g/mol. The molecule has 1 unspecified atom stereocenters. The number of likely N-dealkylation sites (tertiary alicyclic amines) is 2. The van der Waals surface area contributed by atoms with E-state index in [1.807, 2.05) is 11.0 Å². The molecule has 3 rings (SSSR count). The van der Waals surface area contributed by atoms with Crippen molar-refractivity contribution in [3.05, 3.63) is 35.6 Å². The third-order valence-corrected chi connectivity index (χ3v) is 5.67. The van der Waals surface area contributed by atoms with Gasteiger partial charge in [0.2, 0.25) is 5.91 Å². The van der Waals surface area contributed by atoms with Gasteiger partial charge in [-0.3, -0.25) is 4.79 Å². The molecule has 0 aliphatic carbocycles. The first-order valence-corrected chi connectivity index (χ1v) is 9.44. The molecule has 1 aromatic rings. The van der Waals surface area contributed by atoms with E-state index in [0.717, 1.165) is 63.8 Å². The van der Waals surface area contributed by atoms with Gasteiger partial charge in [0.15, 0.2) is 0 Å². The van der Waals surface area contributed by atoms with Gasteiger partial charge in [-0.05, 0) is 75.4 Å². The maximum atomic E-state index is 13.6. The predicted molar refractivity (Wildman–Crippen MR) is 94.2 cm³/mol. The molecule has 0 spiro atoms. The van der Waals surface area contributed by atoms with Gasteiger partial charge in [-0.25, -0.2) is 4.39 Å². The van der Waals surface area contributed by atoms with Crippen LogP contribution in [-0.2, 0) is 4.79 Å². The number of hydrogen-bond acceptors (Lipinski definition) is 2. The molecule has 2 aliphatic heterocycles. The number of nitrogens with zero attached hydrogens (tertiary/aromatic N) is 2. The van der Waals surface area contributed by atoms with E-state index >= 15 is 0 Å². The van der Waals surface area contributed by atoms with Crippen molar-refractivity contribution >= 4 is 5.91 Å². The summed E-state index contributed by atoms with van der Waals surface area (Å²) in [5, 5.41) is 0. The van der Waals surface area contributed by atoms with E-state index < -0.39 is 0 Å². The topological polar surface area (TPSA) is 23.6 Å². The molecule has 4 heteroatoms. The number of carbonyl (C=O) groups is 1. The van der Waals surface area contributed by atoms with Gasteiger partial charge in [-0.15, -0.1) is 0 Å². The van der Waals surface area contributed by atoms with Crippen molar-refractivity contribution in [2.75, 3.05) is 26.2 Å². The van der Waals surface area contributed by atoms with Crippen LogP contribution in [0, 0.1) is 11.7 Å². The molecule has 0 N–H and O–H groups in total. The third-order valence-electron chi connectivity index (χ3n) is 5.67. The Morgan fingerprint density at radius 3 is 2.67 bits per heavy atom. The van der Waals surface area contributed by atoms with Gasteiger partial charge < -0.3 is 9.80 Å². The van der Waals surface area contributed by atoms with Gasteiger partial charge in [-0.1, -0.05) is 19.1 Å². The van der Waals surface area contributed by atoms with Crippen LogP contribution in [-0.4, -0.2) is 41.9 Å². The molecule has 1 atom stereocenters. The fraction of sp³-hybridized carbons (Fsp3) is 0.650. The van der Waals surface area contributed by atoms with E-state index in [-0.39, 0.29) is 17.8 Å². The number of carbonyl (C=O) groups excluding carboxylic acids is 1. The molecule has 2 heterocycles. The minimum atomic E-state index is -0.211. The molecule has 132 valence electrons. The van der Waals surface area contributed by atoms with Crippen LogP contribution in [0.1, 0.15) is 57.1 Å². The van der Waals surface area contributed by atoms with Crippen molar-refractivity contribution in [1.29, 1.82) is 0 Å². The van der Waals surface area contributed by atoms with Crippen molar-refractivity contribution in [2.24, 2.45) is 5.92 Å². The van der Waals surface area contributed by atoms with Crippen molar-refractivity contribution in [1.82, 2.24) is 9.80 Å². The van der Waals surface area contributed by atoms with Gasteiger partial charge in [0.25, 0.3) is 0 Å². The van der Waals surface area contributed by atoms with Gasteiger partial charge in [-0.2, -0.15) is 0 Å². The Kier molecular flexibility index (Phi) is 5.88. The average molecular weight is 332 g/mol. The van der Waals surface area contributed by atoms with Crippen molar-refractivity contribution in [2.45, 2.75) is 51.5 Å². The molecular formula is C20H29FN2O. The molecule has 0 saturated carbocycles. The summed E-state index contributed by atoms with van der Waals surface area (Å²) in [5.41, 5.74) is 0.948. The molecule has 3 nitrogen and oxygen atoms in total. The fourth-order valence-corrected chi connectivity index (χ4v) is 4.16. The summed E-state index contributed by atoms with van der Waals surface area (Å²) in [6, 6.07) is 6.83. The Hall–Kier alpha value is -1.42. The molecule has 0 radical (unpaired) electrons. The first kappa shape index (κ1) is 17.4. The zero-order valence-electron chi connectivity index (χ0n) is 14.7. The van der Waals surface area contributed by atoms with E-state index in [2.05, 4.69) is 11.8 Å². The molecule has 2 saturated heterocycles. The maximum absolute atomic E-state index is 13.6. The Morgan fingerprint density at radius 2 is 1.96 bits per heavy atom. The normalized spacial score (nSPS) is 23.4. The molecule has 2 fully saturated rings. The standard InChI is InChI=1S/C20H29FN2O/c1-2-22-12-9-16(10-13-22)14-20(24)23-11-4-3-8-19(23)17-6-5-7-18(21)15-17/h5-7,15-16,19H,2-4,8-14H2,1H3. The minimum Gasteiger partial charge on any atom is -0.336 e. The summed E-state index contributed by atoms with van der Waals surface area (Å²) in [7, 11) is 0. The van der Waals surface area contributed by atoms with Crippen LogP contribution in [0.4, 0.5) is 4.39 Å². The van der Waals surface area contributed by atoms with Crippen LogP contribution < -0.4 is 0 Å². The van der Waals surface area contributed by atoms with E-state index in [0.29, 0.717) is 12.3 Å². The first-order chi connectivity index (χ1) is 11.7. The van der Waals surface area contributed by atoms with E-state index in [9.17, 15) is 9.18 Å². The molecule has 2 aliphatic rings. The summed E-state index contributed by atoms with van der Waals surface area (Å²) >= 11 is 0. The molecule has 1 aromatic carbocycles. The SMILES string of the molecule is CCN1CCC(CC(=O)N2CCCCC2c2cccc(F)c2)CC1. The summed E-state index contributed by atoms with van der Waals surface area (Å²) in [6.45, 7) is 6.34. The lowest BCUT2D eigenvalue weighted by Gasteiger charge is -2.38. The van der Waals surface area contributed by atoms with Crippen molar-refractivity contribution < 1.29 is 9.18 Å². The molecular weight excluding hydrogens is 303 g/mol. The Balaban J connectivity index is 1.63. The number of piperidine rings is 2. The Morgan fingerprint density at radius 1 is 1.17 bits per heavy atom. The van der Waals surface area contributed by atoms with E-state index in [1.54, 1.807) is 12.1 Å². The second-order valence-corrected chi connectivity index (χ2v) is 7.24. The Labute approximate surface area is 144 Å². The minimum absolute atomic E-state index is 0.0534. The second kappa shape index (κ2) is 8.11. The van der Waals surface area contributed by atoms with Crippen LogP contribution in [0.25, 0.3) is 0 Å². The van der Waals surface area contributed by atoms with Crippen LogP contribution in [0.3, 0.4) is 0 Å². The van der Waals surface area contributed by atoms with Gasteiger partial charge in [0.1, 0.15) is 5.82 Å². The highest BCUT2D eigenvalue weighted by Crippen LogP contribution is 2.33. The van der Waals surface area contributed by atoms with Crippen LogP contribution >= 0.6 is 0 Å². The van der Waals surface area contributed by atoms with Crippen molar-refractivity contribution in [3.8, 4) is 0 Å². The number of hydrogen-bond donors (Lipinski definition) is 0. The third kappa shape index (κ3) is 4.15. The lowest BCUT2D eigenvalue weighted by atomic mass is 9.90. The largest absolute Gasteiger partial charge is 0.336 e. The number of amides is 1. The molecule has 0 bridgehead atoms. The van der Waals surface area contributed by atoms with Gasteiger partial charge >= 0.3 is 0 Å². The Bertz CT molecular complexity index is 554. The quantitative estimate of drug-likeness (QED) is 0.832. The lowest BCUT2D eigenvalue weighted by molar-refractivity contribution is -0.136. The number of halogens is 1.